The summed E-state index contributed by atoms with van der Waals surface area (Å²) in [7, 11) is 0. The van der Waals surface area contributed by atoms with Crippen molar-refractivity contribution in [1.29, 1.82) is 0 Å². The number of amides is 2. The van der Waals surface area contributed by atoms with Gasteiger partial charge in [-0.3, -0.25) is 9.59 Å². The fourth-order valence-corrected chi connectivity index (χ4v) is 4.35. The maximum atomic E-state index is 13.3. The van der Waals surface area contributed by atoms with Gasteiger partial charge in [-0.25, -0.2) is 0 Å². The van der Waals surface area contributed by atoms with E-state index in [0.29, 0.717) is 18.7 Å². The Labute approximate surface area is 198 Å². The van der Waals surface area contributed by atoms with E-state index >= 15 is 0 Å². The standard InChI is InChI=1S/C28H38N2O3/c1-5-25(27(32)29-23-13-9-10-14-23)30(19-21-11-7-6-8-12-21)26(31)20-33-24-17-15-22(16-18-24)28(2,3)4/h6-8,11-12,15-18,23,25H,5,9-10,13-14,19-20H2,1-4H3,(H,29,32)/t25-/m1/s1. The molecular weight excluding hydrogens is 412 g/mol. The first-order valence-corrected chi connectivity index (χ1v) is 12.1. The zero-order chi connectivity index (χ0) is 23.8. The van der Waals surface area contributed by atoms with Crippen molar-refractivity contribution in [1.82, 2.24) is 10.2 Å². The minimum Gasteiger partial charge on any atom is -0.484 e. The predicted molar refractivity (Wildman–Crippen MR) is 132 cm³/mol. The van der Waals surface area contributed by atoms with Gasteiger partial charge in [0.05, 0.1) is 0 Å². The lowest BCUT2D eigenvalue weighted by molar-refractivity contribution is -0.143. The molecule has 3 rings (SSSR count). The number of carbonyl (C=O) groups excluding carboxylic acids is 2. The fourth-order valence-electron chi connectivity index (χ4n) is 4.35. The highest BCUT2D eigenvalue weighted by Crippen LogP contribution is 2.24. The zero-order valence-electron chi connectivity index (χ0n) is 20.5. The fraction of sp³-hybridized carbons (Fsp3) is 0.500. The topological polar surface area (TPSA) is 58.6 Å². The van der Waals surface area contributed by atoms with Crippen LogP contribution < -0.4 is 10.1 Å². The third-order valence-electron chi connectivity index (χ3n) is 6.37. The van der Waals surface area contributed by atoms with E-state index in [1.807, 2.05) is 61.5 Å². The number of nitrogens with zero attached hydrogens (tertiary/aromatic N) is 1. The Kier molecular flexibility index (Phi) is 8.54. The Bertz CT molecular complexity index is 897. The molecule has 178 valence electrons. The lowest BCUT2D eigenvalue weighted by atomic mass is 9.87. The van der Waals surface area contributed by atoms with Gasteiger partial charge in [-0.05, 0) is 47.9 Å². The first-order valence-electron chi connectivity index (χ1n) is 12.1. The summed E-state index contributed by atoms with van der Waals surface area (Å²) >= 11 is 0. The number of rotatable bonds is 9. The largest absolute Gasteiger partial charge is 0.484 e. The highest BCUT2D eigenvalue weighted by atomic mass is 16.5. The number of hydrogen-bond acceptors (Lipinski definition) is 3. The second kappa shape index (κ2) is 11.4. The zero-order valence-corrected chi connectivity index (χ0v) is 20.5. The Hall–Kier alpha value is -2.82. The lowest BCUT2D eigenvalue weighted by Gasteiger charge is -2.31. The third-order valence-corrected chi connectivity index (χ3v) is 6.37. The monoisotopic (exact) mass is 450 g/mol. The smallest absolute Gasteiger partial charge is 0.261 e. The molecular formula is C28H38N2O3. The van der Waals surface area contributed by atoms with Crippen molar-refractivity contribution in [2.75, 3.05) is 6.61 Å². The molecule has 1 fully saturated rings. The molecule has 0 aromatic heterocycles. The lowest BCUT2D eigenvalue weighted by Crippen LogP contribution is -2.52. The van der Waals surface area contributed by atoms with Crippen molar-refractivity contribution in [3.8, 4) is 5.75 Å². The summed E-state index contributed by atoms with van der Waals surface area (Å²) in [6.45, 7) is 8.72. The van der Waals surface area contributed by atoms with E-state index in [4.69, 9.17) is 4.74 Å². The number of hydrogen-bond donors (Lipinski definition) is 1. The highest BCUT2D eigenvalue weighted by molar-refractivity contribution is 5.88. The van der Waals surface area contributed by atoms with Gasteiger partial charge in [0.1, 0.15) is 11.8 Å². The number of nitrogens with one attached hydrogen (secondary N) is 1. The van der Waals surface area contributed by atoms with Gasteiger partial charge in [-0.1, -0.05) is 83.0 Å². The second-order valence-corrected chi connectivity index (χ2v) is 9.98. The van der Waals surface area contributed by atoms with Crippen LogP contribution in [0.15, 0.2) is 54.6 Å². The Morgan fingerprint density at radius 3 is 2.24 bits per heavy atom. The average molecular weight is 451 g/mol. The van der Waals surface area contributed by atoms with Gasteiger partial charge in [-0.15, -0.1) is 0 Å². The van der Waals surface area contributed by atoms with Gasteiger partial charge in [0.25, 0.3) is 5.91 Å². The molecule has 1 saturated carbocycles. The maximum Gasteiger partial charge on any atom is 0.261 e. The summed E-state index contributed by atoms with van der Waals surface area (Å²) in [4.78, 5) is 28.1. The summed E-state index contributed by atoms with van der Waals surface area (Å²) in [5.74, 6) is 0.398. The van der Waals surface area contributed by atoms with Crippen LogP contribution >= 0.6 is 0 Å². The number of benzene rings is 2. The van der Waals surface area contributed by atoms with E-state index < -0.39 is 6.04 Å². The minimum absolute atomic E-state index is 0.0574. The van der Waals surface area contributed by atoms with Crippen LogP contribution in [0.5, 0.6) is 5.75 Å². The maximum absolute atomic E-state index is 13.3. The van der Waals surface area contributed by atoms with Crippen LogP contribution in [0.2, 0.25) is 0 Å². The number of ether oxygens (including phenoxy) is 1. The molecule has 1 aliphatic carbocycles. The van der Waals surface area contributed by atoms with Gasteiger partial charge in [0.15, 0.2) is 6.61 Å². The van der Waals surface area contributed by atoms with E-state index in [1.165, 1.54) is 5.56 Å². The molecule has 1 N–H and O–H groups in total. The van der Waals surface area contributed by atoms with Crippen molar-refractivity contribution in [2.45, 2.75) is 83.8 Å². The van der Waals surface area contributed by atoms with Gasteiger partial charge in [-0.2, -0.15) is 0 Å². The van der Waals surface area contributed by atoms with Crippen LogP contribution in [0.25, 0.3) is 0 Å². The second-order valence-electron chi connectivity index (χ2n) is 9.98. The van der Waals surface area contributed by atoms with Crippen LogP contribution in [-0.4, -0.2) is 35.4 Å². The van der Waals surface area contributed by atoms with Crippen molar-refractivity contribution in [2.24, 2.45) is 0 Å². The summed E-state index contributed by atoms with van der Waals surface area (Å²) in [5, 5.41) is 3.17. The summed E-state index contributed by atoms with van der Waals surface area (Å²) < 4.78 is 5.84. The third kappa shape index (κ3) is 7.08. The first kappa shape index (κ1) is 24.8. The highest BCUT2D eigenvalue weighted by Gasteiger charge is 2.30. The van der Waals surface area contributed by atoms with Gasteiger partial charge >= 0.3 is 0 Å². The van der Waals surface area contributed by atoms with Crippen molar-refractivity contribution >= 4 is 11.8 Å². The molecule has 0 bridgehead atoms. The molecule has 1 aliphatic rings. The molecule has 0 spiro atoms. The van der Waals surface area contributed by atoms with Gasteiger partial charge in [0, 0.05) is 12.6 Å². The molecule has 0 aliphatic heterocycles. The van der Waals surface area contributed by atoms with Crippen molar-refractivity contribution < 1.29 is 14.3 Å². The van der Waals surface area contributed by atoms with Crippen LogP contribution in [-0.2, 0) is 21.5 Å². The van der Waals surface area contributed by atoms with E-state index in [9.17, 15) is 9.59 Å². The molecule has 33 heavy (non-hydrogen) atoms. The van der Waals surface area contributed by atoms with Gasteiger partial charge in [0.2, 0.25) is 5.91 Å². The minimum atomic E-state index is -0.523. The predicted octanol–water partition coefficient (Wildman–Crippen LogP) is 5.23. The molecule has 0 saturated heterocycles. The molecule has 2 amide bonds. The number of carbonyl (C=O) groups is 2. The van der Waals surface area contributed by atoms with Crippen molar-refractivity contribution in [3.05, 3.63) is 65.7 Å². The van der Waals surface area contributed by atoms with Crippen LogP contribution in [0.3, 0.4) is 0 Å². The van der Waals surface area contributed by atoms with E-state index in [-0.39, 0.29) is 29.9 Å². The Balaban J connectivity index is 1.71. The Morgan fingerprint density at radius 1 is 1.03 bits per heavy atom. The van der Waals surface area contributed by atoms with E-state index in [0.717, 1.165) is 31.2 Å². The van der Waals surface area contributed by atoms with Gasteiger partial charge < -0.3 is 15.0 Å². The molecule has 0 unspecified atom stereocenters. The summed E-state index contributed by atoms with van der Waals surface area (Å²) in [6.07, 6.45) is 4.88. The molecule has 2 aromatic rings. The van der Waals surface area contributed by atoms with Crippen LogP contribution in [0.1, 0.15) is 70.9 Å². The molecule has 1 atom stereocenters. The SMILES string of the molecule is CC[C@H](C(=O)NC1CCCC1)N(Cc1ccccc1)C(=O)COc1ccc(C(C)(C)C)cc1. The Morgan fingerprint density at radius 2 is 1.67 bits per heavy atom. The summed E-state index contributed by atoms with van der Waals surface area (Å²) in [5.41, 5.74) is 2.26. The normalized spacial score (nSPS) is 15.2. The molecule has 0 heterocycles. The molecule has 5 nitrogen and oxygen atoms in total. The first-order chi connectivity index (χ1) is 15.8. The van der Waals surface area contributed by atoms with E-state index in [2.05, 4.69) is 26.1 Å². The molecule has 5 heteroatoms. The molecule has 2 aromatic carbocycles. The van der Waals surface area contributed by atoms with Crippen molar-refractivity contribution in [3.63, 3.8) is 0 Å². The average Bonchev–Trinajstić information content (AvgIpc) is 3.30. The van der Waals surface area contributed by atoms with Crippen LogP contribution in [0, 0.1) is 0 Å². The summed E-state index contributed by atoms with van der Waals surface area (Å²) in [6, 6.07) is 17.4. The molecule has 0 radical (unpaired) electrons. The van der Waals surface area contributed by atoms with E-state index in [1.54, 1.807) is 4.90 Å². The quantitative estimate of drug-likeness (QED) is 0.569. The van der Waals surface area contributed by atoms with Crippen LogP contribution in [0.4, 0.5) is 0 Å².